The molecule has 9 nitrogen and oxygen atoms in total. The van der Waals surface area contributed by atoms with Crippen LogP contribution in [0.15, 0.2) is 12.1 Å². The average Bonchev–Trinajstić information content (AvgIpc) is 2.69. The zero-order chi connectivity index (χ0) is 22.8. The number of nitrogens with zero attached hydrogens (tertiary/aromatic N) is 3. The molecule has 0 spiro atoms. The molecular weight excluding hydrogens is 516 g/mol. The minimum absolute atomic E-state index is 0. The number of likely N-dealkylation sites (N-methyl/N-ethyl adjacent to an activating group) is 1. The molecular formula is C20H31Cl4N5O4. The van der Waals surface area contributed by atoms with Gasteiger partial charge in [-0.25, -0.2) is 9.78 Å². The molecule has 0 saturated carbocycles. The highest BCUT2D eigenvalue weighted by Gasteiger charge is 2.22. The molecule has 1 fully saturated rings. The molecule has 188 valence electrons. The highest BCUT2D eigenvalue weighted by Crippen LogP contribution is 2.16. The van der Waals surface area contributed by atoms with Gasteiger partial charge >= 0.3 is 12.0 Å². The summed E-state index contributed by atoms with van der Waals surface area (Å²) in [5.41, 5.74) is 0.728. The first kappa shape index (κ1) is 31.6. The number of unbranched alkanes of at least 4 members (excludes halogenated alkanes) is 1. The fraction of sp³-hybridized carbons (Fsp3) is 0.600. The lowest BCUT2D eigenvalue weighted by atomic mass is 10.00. The molecule has 0 radical (unpaired) electrons. The summed E-state index contributed by atoms with van der Waals surface area (Å²) in [4.78, 5) is 42.9. The number of pyridine rings is 1. The van der Waals surface area contributed by atoms with E-state index in [2.05, 4.69) is 15.6 Å². The number of carbonyl (C=O) groups is 3. The Morgan fingerprint density at radius 1 is 1.09 bits per heavy atom. The normalized spacial score (nSPS) is 14.6. The summed E-state index contributed by atoms with van der Waals surface area (Å²) < 4.78 is 0. The lowest BCUT2D eigenvalue weighted by molar-refractivity contribution is -0.138. The summed E-state index contributed by atoms with van der Waals surface area (Å²) in [6, 6.07) is 2.84. The Balaban J connectivity index is 0.00000512. The van der Waals surface area contributed by atoms with Crippen molar-refractivity contribution in [1.82, 2.24) is 25.4 Å². The van der Waals surface area contributed by atoms with E-state index in [-0.39, 0.29) is 65.9 Å². The second-order valence-corrected chi connectivity index (χ2v) is 8.26. The van der Waals surface area contributed by atoms with Gasteiger partial charge in [0.1, 0.15) is 10.3 Å². The van der Waals surface area contributed by atoms with Crippen molar-refractivity contribution in [3.8, 4) is 0 Å². The van der Waals surface area contributed by atoms with Gasteiger partial charge in [-0.1, -0.05) is 23.2 Å². The third-order valence-corrected chi connectivity index (χ3v) is 5.54. The molecule has 1 saturated heterocycles. The van der Waals surface area contributed by atoms with Crippen LogP contribution in [0.5, 0.6) is 0 Å². The van der Waals surface area contributed by atoms with Gasteiger partial charge in [0.05, 0.1) is 12.6 Å². The minimum atomic E-state index is -0.857. The van der Waals surface area contributed by atoms with Crippen LogP contribution in [0.4, 0.5) is 4.79 Å². The van der Waals surface area contributed by atoms with Gasteiger partial charge in [-0.15, -0.1) is 24.8 Å². The van der Waals surface area contributed by atoms with Crippen LogP contribution < -0.4 is 10.6 Å². The lowest BCUT2D eigenvalue weighted by Gasteiger charge is -2.33. The van der Waals surface area contributed by atoms with Crippen LogP contribution in [-0.2, 0) is 16.0 Å². The van der Waals surface area contributed by atoms with Gasteiger partial charge in [-0.05, 0) is 44.0 Å². The van der Waals surface area contributed by atoms with E-state index in [0.29, 0.717) is 39.1 Å². The highest BCUT2D eigenvalue weighted by molar-refractivity contribution is 6.32. The van der Waals surface area contributed by atoms with Crippen molar-refractivity contribution < 1.29 is 19.5 Å². The van der Waals surface area contributed by atoms with E-state index < -0.39 is 5.97 Å². The van der Waals surface area contributed by atoms with Crippen molar-refractivity contribution in [2.24, 2.45) is 0 Å². The number of Topliss-reactive ketones (excluding diaryl/α,β-unsaturated/α-hetero) is 1. The number of urea groups is 1. The molecule has 2 heterocycles. The molecule has 13 heteroatoms. The molecule has 33 heavy (non-hydrogen) atoms. The molecule has 1 atom stereocenters. The van der Waals surface area contributed by atoms with Gasteiger partial charge in [0.2, 0.25) is 0 Å². The highest BCUT2D eigenvalue weighted by atomic mass is 35.5. The van der Waals surface area contributed by atoms with Gasteiger partial charge in [0.15, 0.2) is 5.78 Å². The van der Waals surface area contributed by atoms with Crippen molar-refractivity contribution in [1.29, 1.82) is 0 Å². The first-order valence-corrected chi connectivity index (χ1v) is 11.0. The Kier molecular flexibility index (Phi) is 15.6. The topological polar surface area (TPSA) is 115 Å². The zero-order valence-corrected chi connectivity index (χ0v) is 21.5. The molecule has 0 bridgehead atoms. The van der Waals surface area contributed by atoms with E-state index in [9.17, 15) is 14.4 Å². The number of carboxylic acids is 1. The first-order chi connectivity index (χ1) is 14.8. The monoisotopic (exact) mass is 545 g/mol. The number of halogens is 4. The van der Waals surface area contributed by atoms with E-state index in [1.807, 2.05) is 4.90 Å². The smallest absolute Gasteiger partial charge is 0.317 e. The fourth-order valence-electron chi connectivity index (χ4n) is 3.49. The van der Waals surface area contributed by atoms with Crippen molar-refractivity contribution in [3.63, 3.8) is 0 Å². The van der Waals surface area contributed by atoms with Crippen LogP contribution in [0, 0.1) is 0 Å². The molecule has 3 N–H and O–H groups in total. The van der Waals surface area contributed by atoms with Crippen molar-refractivity contribution in [2.75, 3.05) is 46.3 Å². The summed E-state index contributed by atoms with van der Waals surface area (Å²) in [6.07, 6.45) is 2.41. The van der Waals surface area contributed by atoms with E-state index in [0.717, 1.165) is 18.4 Å². The Morgan fingerprint density at radius 3 is 2.24 bits per heavy atom. The average molecular weight is 547 g/mol. The first-order valence-electron chi connectivity index (χ1n) is 10.3. The zero-order valence-electron chi connectivity index (χ0n) is 18.4. The molecule has 1 aliphatic rings. The molecule has 0 aromatic carbocycles. The van der Waals surface area contributed by atoms with Gasteiger partial charge in [-0.2, -0.15) is 0 Å². The molecule has 1 aromatic heterocycles. The van der Waals surface area contributed by atoms with E-state index in [1.54, 1.807) is 24.1 Å². The van der Waals surface area contributed by atoms with Crippen LogP contribution in [0.2, 0.25) is 10.3 Å². The maximum atomic E-state index is 12.6. The third kappa shape index (κ3) is 11.6. The largest absolute Gasteiger partial charge is 0.480 e. The van der Waals surface area contributed by atoms with Crippen LogP contribution in [-0.4, -0.2) is 90.0 Å². The number of carboxylic acid groups (broad SMARTS) is 1. The van der Waals surface area contributed by atoms with Crippen LogP contribution in [0.25, 0.3) is 0 Å². The second-order valence-electron chi connectivity index (χ2n) is 7.49. The van der Waals surface area contributed by atoms with Crippen molar-refractivity contribution in [2.45, 2.75) is 31.7 Å². The molecule has 1 aromatic rings. The SMILES string of the molecule is CN[C@@H](CCCCNC(=O)N1CCN(CC(=O)O)CC1)C(=O)Cc1cc(Cl)nc(Cl)c1.Cl.Cl. The molecule has 0 aliphatic carbocycles. The Bertz CT molecular complexity index is 759. The van der Waals surface area contributed by atoms with E-state index in [4.69, 9.17) is 28.3 Å². The number of rotatable bonds is 11. The predicted octanol–water partition coefficient (Wildman–Crippen LogP) is 2.51. The maximum Gasteiger partial charge on any atom is 0.317 e. The number of hydrogen-bond donors (Lipinski definition) is 3. The number of aromatic nitrogens is 1. The number of carbonyl (C=O) groups excluding carboxylic acids is 2. The maximum absolute atomic E-state index is 12.6. The summed E-state index contributed by atoms with van der Waals surface area (Å²) in [6.45, 7) is 2.66. The number of aliphatic carboxylic acids is 1. The van der Waals surface area contributed by atoms with E-state index in [1.165, 1.54) is 0 Å². The molecule has 2 amide bonds. The number of hydrogen-bond acceptors (Lipinski definition) is 6. The summed E-state index contributed by atoms with van der Waals surface area (Å²) in [5.74, 6) is -0.811. The van der Waals surface area contributed by atoms with Crippen LogP contribution >= 0.6 is 48.0 Å². The van der Waals surface area contributed by atoms with Crippen LogP contribution in [0.1, 0.15) is 24.8 Å². The molecule has 0 unspecified atom stereocenters. The van der Waals surface area contributed by atoms with Gasteiger partial charge in [-0.3, -0.25) is 14.5 Å². The summed E-state index contributed by atoms with van der Waals surface area (Å²) >= 11 is 11.8. The van der Waals surface area contributed by atoms with Crippen molar-refractivity contribution >= 4 is 65.8 Å². The number of nitrogens with one attached hydrogen (secondary N) is 2. The molecule has 1 aliphatic heterocycles. The Labute approximate surface area is 216 Å². The number of ketones is 1. The van der Waals surface area contributed by atoms with Crippen molar-refractivity contribution in [3.05, 3.63) is 28.0 Å². The quantitative estimate of drug-likeness (QED) is 0.288. The summed E-state index contributed by atoms with van der Waals surface area (Å²) in [5, 5.41) is 15.3. The number of piperazine rings is 1. The van der Waals surface area contributed by atoms with Crippen LogP contribution in [0.3, 0.4) is 0 Å². The minimum Gasteiger partial charge on any atom is -0.480 e. The fourth-order valence-corrected chi connectivity index (χ4v) is 3.99. The predicted molar refractivity (Wildman–Crippen MR) is 133 cm³/mol. The second kappa shape index (κ2) is 16.3. The summed E-state index contributed by atoms with van der Waals surface area (Å²) in [7, 11) is 1.75. The van der Waals surface area contributed by atoms with Gasteiger partial charge in [0, 0.05) is 39.1 Å². The number of amides is 2. The van der Waals surface area contributed by atoms with Gasteiger partial charge in [0.25, 0.3) is 0 Å². The molecule has 2 rings (SSSR count). The lowest BCUT2D eigenvalue weighted by Crippen LogP contribution is -2.52. The van der Waals surface area contributed by atoms with E-state index >= 15 is 0 Å². The Hall–Kier alpha value is -1.36. The third-order valence-electron chi connectivity index (χ3n) is 5.15. The van der Waals surface area contributed by atoms with Gasteiger partial charge < -0.3 is 20.6 Å². The Morgan fingerprint density at radius 2 is 1.70 bits per heavy atom. The standard InChI is InChI=1S/C20H29Cl2N5O4.2ClH/c1-23-15(16(28)10-14-11-17(21)25-18(22)12-14)4-2-3-5-24-20(31)27-8-6-26(7-9-27)13-19(29)30;;/h11-12,15,23H,2-10,13H2,1H3,(H,24,31)(H,29,30);2*1H/t15-;;/m0../s1.